The van der Waals surface area contributed by atoms with E-state index >= 15 is 0 Å². The van der Waals surface area contributed by atoms with E-state index in [4.69, 9.17) is 0 Å². The summed E-state index contributed by atoms with van der Waals surface area (Å²) in [7, 11) is 0. The molecular weight excluding hydrogens is 242 g/mol. The zero-order valence-electron chi connectivity index (χ0n) is 11.0. The molecule has 0 aromatic rings. The Hall–Kier alpha value is -1.93. The number of carbonyl (C=O) groups is 2. The molecule has 1 N–H and O–H groups in total. The molecule has 0 spiro atoms. The fourth-order valence-corrected chi connectivity index (χ4v) is 2.26. The number of ketones is 1. The van der Waals surface area contributed by atoms with E-state index in [9.17, 15) is 9.59 Å². The fraction of sp³-hybridized carbons (Fsp3) is 0.500. The Balaban J connectivity index is 1.95. The van der Waals surface area contributed by atoms with Gasteiger partial charge in [0.05, 0.1) is 18.5 Å². The number of amides is 1. The SMILES string of the molecule is CC#CCN[C@@H]1CCCN(C2=CC(=O)C(=O)N=C2)C1. The van der Waals surface area contributed by atoms with Crippen LogP contribution in [0.15, 0.2) is 16.8 Å². The third-order valence-corrected chi connectivity index (χ3v) is 3.25. The van der Waals surface area contributed by atoms with E-state index in [1.54, 1.807) is 0 Å². The van der Waals surface area contributed by atoms with Crippen molar-refractivity contribution in [3.8, 4) is 11.8 Å². The highest BCUT2D eigenvalue weighted by molar-refractivity contribution is 6.44. The van der Waals surface area contributed by atoms with Crippen molar-refractivity contribution in [3.63, 3.8) is 0 Å². The number of carbonyl (C=O) groups excluding carboxylic acids is 2. The fourth-order valence-electron chi connectivity index (χ4n) is 2.26. The summed E-state index contributed by atoms with van der Waals surface area (Å²) in [5, 5.41) is 3.37. The number of aliphatic imine (C=N–C) groups is 1. The predicted molar refractivity (Wildman–Crippen MR) is 72.6 cm³/mol. The summed E-state index contributed by atoms with van der Waals surface area (Å²) in [5.41, 5.74) is 0.734. The minimum Gasteiger partial charge on any atom is -0.369 e. The second kappa shape index (κ2) is 6.30. The lowest BCUT2D eigenvalue weighted by molar-refractivity contribution is -0.133. The molecule has 100 valence electrons. The smallest absolute Gasteiger partial charge is 0.317 e. The first kappa shape index (κ1) is 13.5. The van der Waals surface area contributed by atoms with E-state index in [0.717, 1.165) is 31.6 Å². The first-order valence-electron chi connectivity index (χ1n) is 6.42. The number of hydrogen-bond donors (Lipinski definition) is 1. The van der Waals surface area contributed by atoms with Gasteiger partial charge in [-0.3, -0.25) is 9.59 Å². The van der Waals surface area contributed by atoms with Crippen molar-refractivity contribution in [2.24, 2.45) is 4.99 Å². The second-order valence-corrected chi connectivity index (χ2v) is 4.59. The lowest BCUT2D eigenvalue weighted by Crippen LogP contribution is -2.46. The van der Waals surface area contributed by atoms with Gasteiger partial charge in [0, 0.05) is 25.2 Å². The summed E-state index contributed by atoms with van der Waals surface area (Å²) in [4.78, 5) is 28.1. The first-order valence-corrected chi connectivity index (χ1v) is 6.42. The Labute approximate surface area is 112 Å². The van der Waals surface area contributed by atoms with E-state index < -0.39 is 11.7 Å². The number of rotatable bonds is 3. The molecule has 0 unspecified atom stereocenters. The third kappa shape index (κ3) is 3.52. The molecule has 0 saturated carbocycles. The van der Waals surface area contributed by atoms with Gasteiger partial charge in [-0.15, -0.1) is 5.92 Å². The summed E-state index contributed by atoms with van der Waals surface area (Å²) in [5.74, 6) is 4.61. The minimum absolute atomic E-state index is 0.358. The lowest BCUT2D eigenvalue weighted by atomic mass is 10.0. The van der Waals surface area contributed by atoms with Crippen molar-refractivity contribution in [1.29, 1.82) is 0 Å². The predicted octanol–water partition coefficient (Wildman–Crippen LogP) is 0.128. The van der Waals surface area contributed by atoms with Crippen molar-refractivity contribution >= 4 is 17.9 Å². The van der Waals surface area contributed by atoms with Crippen LogP contribution < -0.4 is 5.32 Å². The Morgan fingerprint density at radius 2 is 2.37 bits per heavy atom. The standard InChI is InChI=1S/C14H17N3O2/c1-2-3-6-15-11-5-4-7-17(10-11)12-8-13(18)14(19)16-9-12/h8-9,11,15H,4-7,10H2,1H3/t11-/m1/s1. The van der Waals surface area contributed by atoms with Crippen LogP contribution in [0.3, 0.4) is 0 Å². The Bertz CT molecular complexity index is 497. The number of nitrogens with zero attached hydrogens (tertiary/aromatic N) is 2. The van der Waals surface area contributed by atoms with E-state index in [1.165, 1.54) is 12.3 Å². The number of nitrogens with one attached hydrogen (secondary N) is 1. The van der Waals surface area contributed by atoms with E-state index in [-0.39, 0.29) is 0 Å². The molecule has 0 aromatic carbocycles. The average molecular weight is 259 g/mol. The van der Waals surface area contributed by atoms with E-state index in [2.05, 4.69) is 27.0 Å². The molecule has 1 atom stereocenters. The maximum Gasteiger partial charge on any atom is 0.317 e. The number of likely N-dealkylation sites (tertiary alicyclic amines) is 1. The molecule has 0 aliphatic carbocycles. The summed E-state index contributed by atoms with van der Waals surface area (Å²) in [6.45, 7) is 4.20. The molecule has 0 aromatic heterocycles. The van der Waals surface area contributed by atoms with E-state index in [1.807, 2.05) is 6.92 Å². The molecule has 0 radical (unpaired) electrons. The average Bonchev–Trinajstić information content (AvgIpc) is 2.43. The molecule has 1 saturated heterocycles. The van der Waals surface area contributed by atoms with Gasteiger partial charge in [0.1, 0.15) is 0 Å². The van der Waals surface area contributed by atoms with Crippen molar-refractivity contribution in [3.05, 3.63) is 11.8 Å². The molecule has 1 fully saturated rings. The molecule has 1 amide bonds. The highest BCUT2D eigenvalue weighted by atomic mass is 16.2. The maximum absolute atomic E-state index is 11.3. The summed E-state index contributed by atoms with van der Waals surface area (Å²) >= 11 is 0. The van der Waals surface area contributed by atoms with Gasteiger partial charge in [-0.25, -0.2) is 4.99 Å². The minimum atomic E-state index is -0.686. The van der Waals surface area contributed by atoms with Crippen molar-refractivity contribution in [1.82, 2.24) is 10.2 Å². The molecule has 2 aliphatic heterocycles. The van der Waals surface area contributed by atoms with Gasteiger partial charge in [0.15, 0.2) is 0 Å². The van der Waals surface area contributed by atoms with Gasteiger partial charge >= 0.3 is 5.91 Å². The zero-order valence-corrected chi connectivity index (χ0v) is 11.0. The van der Waals surface area contributed by atoms with Crippen molar-refractivity contribution in [2.75, 3.05) is 19.6 Å². The zero-order chi connectivity index (χ0) is 13.7. The second-order valence-electron chi connectivity index (χ2n) is 4.59. The monoisotopic (exact) mass is 259 g/mol. The highest BCUT2D eigenvalue weighted by Gasteiger charge is 2.23. The van der Waals surface area contributed by atoms with Gasteiger partial charge in [0.25, 0.3) is 0 Å². The van der Waals surface area contributed by atoms with Crippen LogP contribution in [0.1, 0.15) is 19.8 Å². The summed E-state index contributed by atoms with van der Waals surface area (Å²) in [6, 6.07) is 0.358. The third-order valence-electron chi connectivity index (χ3n) is 3.25. The lowest BCUT2D eigenvalue weighted by Gasteiger charge is -2.35. The summed E-state index contributed by atoms with van der Waals surface area (Å²) in [6.07, 6.45) is 5.01. The summed E-state index contributed by atoms with van der Waals surface area (Å²) < 4.78 is 0. The topological polar surface area (TPSA) is 61.8 Å². The van der Waals surface area contributed by atoms with Crippen LogP contribution in [0.4, 0.5) is 0 Å². The number of allylic oxidation sites excluding steroid dienone is 1. The Morgan fingerprint density at radius 1 is 1.53 bits per heavy atom. The van der Waals surface area contributed by atoms with Crippen LogP contribution in [0.25, 0.3) is 0 Å². The van der Waals surface area contributed by atoms with E-state index in [0.29, 0.717) is 12.6 Å². The molecular formula is C14H17N3O2. The number of dihydropyridines is 1. The first-order chi connectivity index (χ1) is 9.20. The molecule has 2 rings (SSSR count). The normalized spacial score (nSPS) is 22.9. The number of piperidine rings is 1. The molecule has 5 nitrogen and oxygen atoms in total. The van der Waals surface area contributed by atoms with Crippen LogP contribution in [-0.2, 0) is 9.59 Å². The van der Waals surface area contributed by atoms with Gasteiger partial charge in [-0.1, -0.05) is 5.92 Å². The van der Waals surface area contributed by atoms with Gasteiger partial charge in [-0.05, 0) is 19.8 Å². The Morgan fingerprint density at radius 3 is 3.11 bits per heavy atom. The largest absolute Gasteiger partial charge is 0.369 e. The van der Waals surface area contributed by atoms with Gasteiger partial charge in [-0.2, -0.15) is 0 Å². The highest BCUT2D eigenvalue weighted by Crippen LogP contribution is 2.16. The van der Waals surface area contributed by atoms with Gasteiger partial charge < -0.3 is 10.2 Å². The van der Waals surface area contributed by atoms with Crippen molar-refractivity contribution < 1.29 is 9.59 Å². The Kier molecular flexibility index (Phi) is 4.48. The maximum atomic E-state index is 11.3. The van der Waals surface area contributed by atoms with Crippen LogP contribution in [0.5, 0.6) is 0 Å². The molecule has 5 heteroatoms. The van der Waals surface area contributed by atoms with Crippen LogP contribution in [-0.4, -0.2) is 48.5 Å². The quantitative estimate of drug-likeness (QED) is 0.578. The molecule has 0 bridgehead atoms. The molecule has 2 heterocycles. The van der Waals surface area contributed by atoms with Crippen LogP contribution >= 0.6 is 0 Å². The van der Waals surface area contributed by atoms with Crippen LogP contribution in [0, 0.1) is 11.8 Å². The molecule has 19 heavy (non-hydrogen) atoms. The van der Waals surface area contributed by atoms with Crippen LogP contribution in [0.2, 0.25) is 0 Å². The van der Waals surface area contributed by atoms with Gasteiger partial charge in [0.2, 0.25) is 5.78 Å². The molecule has 2 aliphatic rings. The number of hydrogen-bond acceptors (Lipinski definition) is 4. The van der Waals surface area contributed by atoms with Crippen molar-refractivity contribution in [2.45, 2.75) is 25.8 Å².